The third-order valence-corrected chi connectivity index (χ3v) is 3.37. The second-order valence-corrected chi connectivity index (χ2v) is 5.15. The number of rotatable bonds is 3. The van der Waals surface area contributed by atoms with Crippen molar-refractivity contribution in [3.8, 4) is 0 Å². The molecule has 0 aliphatic rings. The second-order valence-electron chi connectivity index (χ2n) is 3.52. The Labute approximate surface area is 99.6 Å². The minimum atomic E-state index is -3.63. The second kappa shape index (κ2) is 4.50. The zero-order chi connectivity index (χ0) is 12.3. The molecule has 0 aliphatic carbocycles. The highest BCUT2D eigenvalue weighted by molar-refractivity contribution is 7.92. The molecule has 0 spiro atoms. The lowest BCUT2D eigenvalue weighted by atomic mass is 10.3. The molecule has 1 N–H and O–H groups in total. The number of anilines is 1. The summed E-state index contributed by atoms with van der Waals surface area (Å²) < 4.78 is 26.2. The van der Waals surface area contributed by atoms with Gasteiger partial charge in [0.1, 0.15) is 0 Å². The summed E-state index contributed by atoms with van der Waals surface area (Å²) >= 11 is 0. The van der Waals surface area contributed by atoms with Crippen LogP contribution in [0.3, 0.4) is 0 Å². The molecule has 0 aliphatic heterocycles. The maximum Gasteiger partial charge on any atom is 0.279 e. The van der Waals surface area contributed by atoms with Crippen LogP contribution in [0.5, 0.6) is 0 Å². The molecule has 0 atom stereocenters. The molecule has 0 saturated heterocycles. The molecule has 0 amide bonds. The van der Waals surface area contributed by atoms with Gasteiger partial charge in [-0.3, -0.25) is 9.71 Å². The fraction of sp³-hybridized carbons (Fsp3) is 0.0909. The zero-order valence-corrected chi connectivity index (χ0v) is 9.98. The summed E-state index contributed by atoms with van der Waals surface area (Å²) in [6.07, 6.45) is 4.52. The van der Waals surface area contributed by atoms with Crippen LogP contribution in [0.4, 0.5) is 5.69 Å². The van der Waals surface area contributed by atoms with Crippen LogP contribution >= 0.6 is 0 Å². The van der Waals surface area contributed by atoms with Gasteiger partial charge >= 0.3 is 0 Å². The van der Waals surface area contributed by atoms with Crippen LogP contribution in [0.15, 0.2) is 47.9 Å². The van der Waals surface area contributed by atoms with Crippen molar-refractivity contribution >= 4 is 15.7 Å². The average molecular weight is 249 g/mol. The molecule has 88 valence electrons. The van der Waals surface area contributed by atoms with E-state index in [9.17, 15) is 8.42 Å². The zero-order valence-electron chi connectivity index (χ0n) is 9.16. The monoisotopic (exact) mass is 249 g/mol. The molecule has 2 rings (SSSR count). The van der Waals surface area contributed by atoms with Crippen molar-refractivity contribution in [3.05, 3.63) is 48.4 Å². The predicted octanol–water partition coefficient (Wildman–Crippen LogP) is 1.59. The first-order valence-corrected chi connectivity index (χ1v) is 6.42. The highest BCUT2D eigenvalue weighted by Gasteiger charge is 2.15. The van der Waals surface area contributed by atoms with Crippen molar-refractivity contribution in [1.29, 1.82) is 0 Å². The molecule has 17 heavy (non-hydrogen) atoms. The van der Waals surface area contributed by atoms with Gasteiger partial charge in [-0.25, -0.2) is 4.98 Å². The standard InChI is InChI=1S/C11H11N3O2S/c1-9-4-5-11(13-7-9)17(15,16)14-10-3-2-6-12-8-10/h2-8,14H,1H3. The minimum absolute atomic E-state index is 0.00745. The summed E-state index contributed by atoms with van der Waals surface area (Å²) in [7, 11) is -3.63. The van der Waals surface area contributed by atoms with E-state index in [2.05, 4.69) is 14.7 Å². The van der Waals surface area contributed by atoms with Crippen molar-refractivity contribution in [2.75, 3.05) is 4.72 Å². The van der Waals surface area contributed by atoms with Gasteiger partial charge in [0, 0.05) is 12.4 Å². The smallest absolute Gasteiger partial charge is 0.277 e. The van der Waals surface area contributed by atoms with Crippen LogP contribution in [-0.4, -0.2) is 18.4 Å². The summed E-state index contributed by atoms with van der Waals surface area (Å²) in [5.41, 5.74) is 1.32. The van der Waals surface area contributed by atoms with Crippen molar-refractivity contribution < 1.29 is 8.42 Å². The lowest BCUT2D eigenvalue weighted by molar-refractivity contribution is 0.597. The van der Waals surface area contributed by atoms with E-state index >= 15 is 0 Å². The Morgan fingerprint density at radius 1 is 1.18 bits per heavy atom. The molecule has 0 bridgehead atoms. The van der Waals surface area contributed by atoms with Gasteiger partial charge in [0.05, 0.1) is 11.9 Å². The van der Waals surface area contributed by atoms with E-state index in [1.54, 1.807) is 24.4 Å². The number of sulfonamides is 1. The minimum Gasteiger partial charge on any atom is -0.277 e. The van der Waals surface area contributed by atoms with Gasteiger partial charge in [0.15, 0.2) is 5.03 Å². The first kappa shape index (κ1) is 11.5. The van der Waals surface area contributed by atoms with Gasteiger partial charge in [-0.2, -0.15) is 8.42 Å². The first-order chi connectivity index (χ1) is 8.08. The molecule has 6 heteroatoms. The van der Waals surface area contributed by atoms with Crippen LogP contribution in [0.1, 0.15) is 5.56 Å². The summed E-state index contributed by atoms with van der Waals surface area (Å²) in [6, 6.07) is 6.44. The molecule has 0 fully saturated rings. The average Bonchev–Trinajstić information content (AvgIpc) is 2.30. The first-order valence-electron chi connectivity index (χ1n) is 4.93. The molecule has 0 saturated carbocycles. The van der Waals surface area contributed by atoms with E-state index in [0.717, 1.165) is 5.56 Å². The van der Waals surface area contributed by atoms with E-state index < -0.39 is 10.0 Å². The van der Waals surface area contributed by atoms with Crippen molar-refractivity contribution in [2.24, 2.45) is 0 Å². The number of hydrogen-bond donors (Lipinski definition) is 1. The number of hydrogen-bond acceptors (Lipinski definition) is 4. The Morgan fingerprint density at radius 2 is 2.00 bits per heavy atom. The largest absolute Gasteiger partial charge is 0.279 e. The highest BCUT2D eigenvalue weighted by atomic mass is 32.2. The van der Waals surface area contributed by atoms with Crippen LogP contribution in [0.2, 0.25) is 0 Å². The summed E-state index contributed by atoms with van der Waals surface area (Å²) in [5.74, 6) is 0. The molecule has 5 nitrogen and oxygen atoms in total. The van der Waals surface area contributed by atoms with Gasteiger partial charge in [-0.05, 0) is 30.7 Å². The van der Waals surface area contributed by atoms with Gasteiger partial charge in [0.25, 0.3) is 10.0 Å². The molecule has 2 heterocycles. The lowest BCUT2D eigenvalue weighted by Crippen LogP contribution is -2.14. The normalized spacial score (nSPS) is 11.1. The predicted molar refractivity (Wildman–Crippen MR) is 64.0 cm³/mol. The highest BCUT2D eigenvalue weighted by Crippen LogP contribution is 2.12. The fourth-order valence-corrected chi connectivity index (χ4v) is 2.22. The fourth-order valence-electron chi connectivity index (χ4n) is 1.24. The molecule has 2 aromatic rings. The third kappa shape index (κ3) is 2.79. The van der Waals surface area contributed by atoms with Gasteiger partial charge < -0.3 is 0 Å². The van der Waals surface area contributed by atoms with E-state index in [0.29, 0.717) is 5.69 Å². The SMILES string of the molecule is Cc1ccc(S(=O)(=O)Nc2cccnc2)nc1. The number of aromatic nitrogens is 2. The van der Waals surface area contributed by atoms with E-state index in [1.165, 1.54) is 18.5 Å². The molecule has 0 aromatic carbocycles. The number of pyridine rings is 2. The van der Waals surface area contributed by atoms with E-state index in [4.69, 9.17) is 0 Å². The third-order valence-electron chi connectivity index (χ3n) is 2.07. The molecular formula is C11H11N3O2S. The number of aryl methyl sites for hydroxylation is 1. The van der Waals surface area contributed by atoms with Crippen LogP contribution in [0, 0.1) is 6.92 Å². The van der Waals surface area contributed by atoms with Gasteiger partial charge in [0.2, 0.25) is 0 Å². The topological polar surface area (TPSA) is 72.0 Å². The number of nitrogens with zero attached hydrogens (tertiary/aromatic N) is 2. The number of nitrogens with one attached hydrogen (secondary N) is 1. The Hall–Kier alpha value is -1.95. The van der Waals surface area contributed by atoms with Gasteiger partial charge in [-0.15, -0.1) is 0 Å². The molecular weight excluding hydrogens is 238 g/mol. The summed E-state index contributed by atoms with van der Waals surface area (Å²) in [4.78, 5) is 7.70. The lowest BCUT2D eigenvalue weighted by Gasteiger charge is -2.06. The van der Waals surface area contributed by atoms with Gasteiger partial charge in [-0.1, -0.05) is 6.07 Å². The van der Waals surface area contributed by atoms with Crippen molar-refractivity contribution in [3.63, 3.8) is 0 Å². The Balaban J connectivity index is 2.29. The Morgan fingerprint density at radius 3 is 2.59 bits per heavy atom. The molecule has 0 unspecified atom stereocenters. The van der Waals surface area contributed by atoms with Crippen LogP contribution in [-0.2, 0) is 10.0 Å². The maximum absolute atomic E-state index is 11.9. The quantitative estimate of drug-likeness (QED) is 0.896. The van der Waals surface area contributed by atoms with Crippen LogP contribution in [0.25, 0.3) is 0 Å². The Kier molecular flexibility index (Phi) is 3.06. The van der Waals surface area contributed by atoms with E-state index in [-0.39, 0.29) is 5.03 Å². The van der Waals surface area contributed by atoms with Crippen molar-refractivity contribution in [1.82, 2.24) is 9.97 Å². The van der Waals surface area contributed by atoms with Crippen molar-refractivity contribution in [2.45, 2.75) is 11.9 Å². The molecule has 2 aromatic heterocycles. The maximum atomic E-state index is 11.9. The summed E-state index contributed by atoms with van der Waals surface area (Å²) in [6.45, 7) is 1.85. The summed E-state index contributed by atoms with van der Waals surface area (Å²) in [5, 5.41) is -0.00745. The Bertz CT molecular complexity index is 594. The molecule has 0 radical (unpaired) electrons. The van der Waals surface area contributed by atoms with E-state index in [1.807, 2.05) is 6.92 Å². The van der Waals surface area contributed by atoms with Crippen LogP contribution < -0.4 is 4.72 Å².